The first-order valence-electron chi connectivity index (χ1n) is 9.81. The molecule has 0 saturated heterocycles. The van der Waals surface area contributed by atoms with Crippen molar-refractivity contribution in [1.29, 1.82) is 0 Å². The van der Waals surface area contributed by atoms with E-state index in [1.165, 1.54) is 11.4 Å². The van der Waals surface area contributed by atoms with Gasteiger partial charge in [0, 0.05) is 11.8 Å². The van der Waals surface area contributed by atoms with E-state index in [0.29, 0.717) is 17.9 Å². The number of carbonyl (C=O) groups excluding carboxylic acids is 1. The van der Waals surface area contributed by atoms with Gasteiger partial charge in [0.05, 0.1) is 19.1 Å². The van der Waals surface area contributed by atoms with Crippen LogP contribution in [0, 0.1) is 0 Å². The van der Waals surface area contributed by atoms with Crippen molar-refractivity contribution < 1.29 is 17.9 Å². The van der Waals surface area contributed by atoms with Crippen LogP contribution in [0.5, 0.6) is 5.75 Å². The number of hydrogen-bond acceptors (Lipinski definition) is 4. The van der Waals surface area contributed by atoms with Gasteiger partial charge in [0.1, 0.15) is 11.8 Å². The van der Waals surface area contributed by atoms with E-state index < -0.39 is 16.1 Å². The molecule has 0 aliphatic rings. The van der Waals surface area contributed by atoms with E-state index in [1.807, 2.05) is 32.0 Å². The lowest BCUT2D eigenvalue weighted by atomic mass is 10.0. The van der Waals surface area contributed by atoms with Crippen molar-refractivity contribution in [3.05, 3.63) is 53.6 Å². The predicted molar refractivity (Wildman–Crippen MR) is 118 cm³/mol. The predicted octanol–water partition coefficient (Wildman–Crippen LogP) is 4.00. The van der Waals surface area contributed by atoms with E-state index in [4.69, 9.17) is 4.74 Å². The maximum Gasteiger partial charge on any atom is 0.248 e. The van der Waals surface area contributed by atoms with Crippen LogP contribution in [0.3, 0.4) is 0 Å². The molecule has 0 radical (unpaired) electrons. The van der Waals surface area contributed by atoms with Gasteiger partial charge in [-0.25, -0.2) is 8.42 Å². The molecular weight excluding hydrogens is 388 g/mol. The minimum absolute atomic E-state index is 0.325. The molecule has 0 heterocycles. The second-order valence-electron chi connectivity index (χ2n) is 6.83. The highest BCUT2D eigenvalue weighted by molar-refractivity contribution is 7.92. The van der Waals surface area contributed by atoms with Crippen LogP contribution >= 0.6 is 0 Å². The number of amides is 1. The van der Waals surface area contributed by atoms with Crippen LogP contribution in [0.15, 0.2) is 42.5 Å². The number of para-hydroxylation sites is 1. The van der Waals surface area contributed by atoms with Crippen LogP contribution in [-0.2, 0) is 27.7 Å². The Labute approximate surface area is 173 Å². The molecule has 0 aliphatic carbocycles. The molecule has 0 unspecified atom stereocenters. The molecule has 2 rings (SSSR count). The fraction of sp³-hybridized carbons (Fsp3) is 0.409. The molecule has 6 nitrogen and oxygen atoms in total. The molecule has 2 aromatic carbocycles. The Kier molecular flexibility index (Phi) is 7.67. The number of sulfonamides is 1. The number of aryl methyl sites for hydroxylation is 2. The van der Waals surface area contributed by atoms with Gasteiger partial charge in [-0.1, -0.05) is 45.0 Å². The first-order valence-corrected chi connectivity index (χ1v) is 11.7. The summed E-state index contributed by atoms with van der Waals surface area (Å²) in [6, 6.07) is 11.8. The van der Waals surface area contributed by atoms with Crippen molar-refractivity contribution in [1.82, 2.24) is 0 Å². The summed E-state index contributed by atoms with van der Waals surface area (Å²) in [7, 11) is -2.19. The Hall–Kier alpha value is -2.54. The fourth-order valence-electron chi connectivity index (χ4n) is 3.42. The Morgan fingerprint density at radius 2 is 1.66 bits per heavy atom. The molecule has 7 heteroatoms. The molecule has 1 N–H and O–H groups in total. The first-order chi connectivity index (χ1) is 13.8. The quantitative estimate of drug-likeness (QED) is 0.668. The van der Waals surface area contributed by atoms with Crippen molar-refractivity contribution in [2.45, 2.75) is 46.1 Å². The van der Waals surface area contributed by atoms with Crippen LogP contribution in [0.2, 0.25) is 0 Å². The summed E-state index contributed by atoms with van der Waals surface area (Å²) in [4.78, 5) is 13.2. The maximum atomic E-state index is 13.2. The number of ether oxygens (including phenoxy) is 1. The Morgan fingerprint density at radius 1 is 1.07 bits per heavy atom. The molecule has 0 saturated carbocycles. The number of nitrogens with zero attached hydrogens (tertiary/aromatic N) is 1. The minimum Gasteiger partial charge on any atom is -0.497 e. The molecule has 0 bridgehead atoms. The SMILES string of the molecule is CCc1cccc(CC)c1NC(=O)[C@H](CC)N(c1cccc(OC)c1)S(C)(=O)=O. The van der Waals surface area contributed by atoms with Crippen molar-refractivity contribution in [2.24, 2.45) is 0 Å². The number of methoxy groups -OCH3 is 1. The second-order valence-corrected chi connectivity index (χ2v) is 8.69. The zero-order chi connectivity index (χ0) is 21.6. The van der Waals surface area contributed by atoms with Crippen LogP contribution in [-0.4, -0.2) is 33.7 Å². The molecule has 0 aromatic heterocycles. The van der Waals surface area contributed by atoms with E-state index in [9.17, 15) is 13.2 Å². The highest BCUT2D eigenvalue weighted by Gasteiger charge is 2.32. The van der Waals surface area contributed by atoms with Crippen LogP contribution in [0.25, 0.3) is 0 Å². The zero-order valence-corrected chi connectivity index (χ0v) is 18.5. The van der Waals surface area contributed by atoms with Gasteiger partial charge < -0.3 is 10.1 Å². The third-order valence-electron chi connectivity index (χ3n) is 4.88. The molecule has 0 aliphatic heterocycles. The van der Waals surface area contributed by atoms with E-state index in [2.05, 4.69) is 5.32 Å². The third-order valence-corrected chi connectivity index (χ3v) is 6.06. The molecule has 2 aromatic rings. The smallest absolute Gasteiger partial charge is 0.248 e. The van der Waals surface area contributed by atoms with Gasteiger partial charge >= 0.3 is 0 Å². The van der Waals surface area contributed by atoms with Gasteiger partial charge in [-0.3, -0.25) is 9.10 Å². The molecule has 1 atom stereocenters. The third kappa shape index (κ3) is 5.29. The molecule has 158 valence electrons. The van der Waals surface area contributed by atoms with Crippen LogP contribution < -0.4 is 14.4 Å². The topological polar surface area (TPSA) is 75.7 Å². The minimum atomic E-state index is -3.71. The van der Waals surface area contributed by atoms with E-state index in [0.717, 1.165) is 35.9 Å². The molecule has 29 heavy (non-hydrogen) atoms. The number of nitrogens with one attached hydrogen (secondary N) is 1. The monoisotopic (exact) mass is 418 g/mol. The van der Waals surface area contributed by atoms with Crippen LogP contribution in [0.1, 0.15) is 38.3 Å². The van der Waals surface area contributed by atoms with Gasteiger partial charge in [-0.15, -0.1) is 0 Å². The highest BCUT2D eigenvalue weighted by atomic mass is 32.2. The highest BCUT2D eigenvalue weighted by Crippen LogP contribution is 2.28. The van der Waals surface area contributed by atoms with Crippen molar-refractivity contribution >= 4 is 27.3 Å². The summed E-state index contributed by atoms with van der Waals surface area (Å²) in [5, 5.41) is 3.01. The largest absolute Gasteiger partial charge is 0.497 e. The fourth-order valence-corrected chi connectivity index (χ4v) is 4.62. The Bertz CT molecular complexity index is 935. The summed E-state index contributed by atoms with van der Waals surface area (Å²) in [6.45, 7) is 5.86. The summed E-state index contributed by atoms with van der Waals surface area (Å²) < 4.78 is 31.7. The summed E-state index contributed by atoms with van der Waals surface area (Å²) >= 11 is 0. The number of carbonyl (C=O) groups is 1. The lowest BCUT2D eigenvalue weighted by Gasteiger charge is -2.30. The number of benzene rings is 2. The molecular formula is C22H30N2O4S. The lowest BCUT2D eigenvalue weighted by Crippen LogP contribution is -2.47. The van der Waals surface area contributed by atoms with E-state index in [-0.39, 0.29) is 5.91 Å². The number of hydrogen-bond donors (Lipinski definition) is 1. The van der Waals surface area contributed by atoms with Crippen molar-refractivity contribution in [3.8, 4) is 5.75 Å². The average molecular weight is 419 g/mol. The van der Waals surface area contributed by atoms with Gasteiger partial charge in [0.15, 0.2) is 0 Å². The Balaban J connectivity index is 2.47. The van der Waals surface area contributed by atoms with Gasteiger partial charge in [-0.2, -0.15) is 0 Å². The van der Waals surface area contributed by atoms with Gasteiger partial charge in [-0.05, 0) is 42.5 Å². The lowest BCUT2D eigenvalue weighted by molar-refractivity contribution is -0.117. The normalized spacial score (nSPS) is 12.3. The first kappa shape index (κ1) is 22.7. The Morgan fingerprint density at radius 3 is 2.14 bits per heavy atom. The van der Waals surface area contributed by atoms with E-state index in [1.54, 1.807) is 31.2 Å². The van der Waals surface area contributed by atoms with Gasteiger partial charge in [0.2, 0.25) is 15.9 Å². The van der Waals surface area contributed by atoms with Crippen molar-refractivity contribution in [2.75, 3.05) is 23.0 Å². The van der Waals surface area contributed by atoms with Gasteiger partial charge in [0.25, 0.3) is 0 Å². The molecule has 1 amide bonds. The summed E-state index contributed by atoms with van der Waals surface area (Å²) in [5.74, 6) is 0.173. The van der Waals surface area contributed by atoms with Crippen molar-refractivity contribution in [3.63, 3.8) is 0 Å². The number of anilines is 2. The van der Waals surface area contributed by atoms with Crippen LogP contribution in [0.4, 0.5) is 11.4 Å². The number of rotatable bonds is 9. The zero-order valence-electron chi connectivity index (χ0n) is 17.7. The van der Waals surface area contributed by atoms with E-state index >= 15 is 0 Å². The standard InChI is InChI=1S/C22H30N2O4S/c1-6-16-11-9-12-17(7-2)21(16)23-22(25)20(8-3)24(29(5,26)27)18-13-10-14-19(15-18)28-4/h9-15,20H,6-8H2,1-5H3,(H,23,25)/t20-/m0/s1. The second kappa shape index (κ2) is 9.78. The maximum absolute atomic E-state index is 13.2. The molecule has 0 fully saturated rings. The summed E-state index contributed by atoms with van der Waals surface area (Å²) in [5.41, 5.74) is 3.23. The molecule has 0 spiro atoms. The summed E-state index contributed by atoms with van der Waals surface area (Å²) in [6.07, 6.45) is 2.98. The average Bonchev–Trinajstić information content (AvgIpc) is 2.70.